The summed E-state index contributed by atoms with van der Waals surface area (Å²) in [6.45, 7) is 4.31. The topological polar surface area (TPSA) is 0 Å². The van der Waals surface area contributed by atoms with Crippen LogP contribution in [0.1, 0.15) is 13.8 Å². The molecule has 0 fully saturated rings. The molecule has 1 rings (SSSR count). The van der Waals surface area contributed by atoms with Crippen molar-refractivity contribution >= 4 is 18.6 Å². The zero-order valence-corrected chi connectivity index (χ0v) is 9.14. The molecule has 0 spiro atoms. The second-order valence-electron chi connectivity index (χ2n) is 2.20. The Balaban J connectivity index is 0.000000236. The monoisotopic (exact) mass is 212 g/mol. The van der Waals surface area contributed by atoms with Crippen LogP contribution in [0.15, 0.2) is 23.8 Å². The first kappa shape index (κ1) is 10.8. The molecule has 56 valence electrons. The van der Waals surface area contributed by atoms with E-state index in [2.05, 4.69) is 32.1 Å². The molecule has 0 nitrogen and oxygen atoms in total. The van der Waals surface area contributed by atoms with Crippen molar-refractivity contribution in [1.29, 1.82) is 0 Å². The summed E-state index contributed by atoms with van der Waals surface area (Å²) in [5, 5.41) is 0. The Bertz CT molecular complexity index is 141. The Kier molecular flexibility index (Phi) is 6.98. The molecule has 0 aromatic rings. The minimum absolute atomic E-state index is 0.556. The molecule has 1 aliphatic carbocycles. The van der Waals surface area contributed by atoms with Crippen molar-refractivity contribution in [2.75, 3.05) is 0 Å². The van der Waals surface area contributed by atoms with Crippen molar-refractivity contribution < 1.29 is 17.0 Å². The Morgan fingerprint density at radius 2 is 2.00 bits per heavy atom. The van der Waals surface area contributed by atoms with Gasteiger partial charge in [0, 0.05) is 0 Å². The maximum absolute atomic E-state index is 4.89. The van der Waals surface area contributed by atoms with Gasteiger partial charge < -0.3 is 0 Å². The molecule has 10 heavy (non-hydrogen) atoms. The fraction of sp³-hybridized carbons (Fsp3) is 0.429. The molecule has 3 heteroatoms. The Hall–Kier alpha value is 0.774. The summed E-state index contributed by atoms with van der Waals surface area (Å²) in [6.07, 6.45) is 6.61. The molecule has 1 atom stereocenters. The van der Waals surface area contributed by atoms with Crippen LogP contribution in [0.5, 0.6) is 0 Å². The number of allylic oxidation sites excluding steroid dienone is 4. The molecule has 0 bridgehead atoms. The Labute approximate surface area is 79.0 Å². The fourth-order valence-corrected chi connectivity index (χ4v) is 0.829. The van der Waals surface area contributed by atoms with E-state index < -0.39 is 17.0 Å². The molecule has 0 amide bonds. The van der Waals surface area contributed by atoms with E-state index in [1.807, 2.05) is 0 Å². The Morgan fingerprint density at radius 1 is 1.50 bits per heavy atom. The van der Waals surface area contributed by atoms with Gasteiger partial charge in [0.05, 0.1) is 0 Å². The number of hydrogen-bond acceptors (Lipinski definition) is 0. The van der Waals surface area contributed by atoms with Crippen LogP contribution in [0.3, 0.4) is 0 Å². The molecular formula is C7H10Cl2Ti. The van der Waals surface area contributed by atoms with Crippen LogP contribution in [0.2, 0.25) is 0 Å². The van der Waals surface area contributed by atoms with E-state index >= 15 is 0 Å². The number of rotatable bonds is 0. The quantitative estimate of drug-likeness (QED) is 0.540. The first-order valence-electron chi connectivity index (χ1n) is 3.03. The first-order valence-corrected chi connectivity index (χ1v) is 7.33. The average Bonchev–Trinajstić information content (AvgIpc) is 2.17. The molecule has 0 saturated carbocycles. The van der Waals surface area contributed by atoms with Crippen molar-refractivity contribution in [3.63, 3.8) is 0 Å². The molecule has 1 aliphatic rings. The van der Waals surface area contributed by atoms with Gasteiger partial charge in [-0.05, 0) is 12.8 Å². The van der Waals surface area contributed by atoms with E-state index in [0.29, 0.717) is 5.92 Å². The fourth-order valence-electron chi connectivity index (χ4n) is 0.829. The van der Waals surface area contributed by atoms with Crippen LogP contribution >= 0.6 is 18.6 Å². The van der Waals surface area contributed by atoms with E-state index in [0.717, 1.165) is 0 Å². The molecule has 0 saturated heterocycles. The van der Waals surface area contributed by atoms with Crippen molar-refractivity contribution in [3.05, 3.63) is 23.8 Å². The predicted octanol–water partition coefficient (Wildman–Crippen LogP) is 3.52. The second-order valence-corrected chi connectivity index (χ2v) is 4.78. The standard InChI is InChI=1S/C7H10.2ClH.Ti/c1-6-3-4-7(2)5-6;;;/h3-6H,1-2H3;2*1H;/q;;;+2/p-2. The summed E-state index contributed by atoms with van der Waals surface area (Å²) in [5.41, 5.74) is 1.40. The summed E-state index contributed by atoms with van der Waals surface area (Å²) in [5.74, 6) is 0.681. The number of hydrogen-bond donors (Lipinski definition) is 0. The molecule has 0 aliphatic heterocycles. The van der Waals surface area contributed by atoms with Gasteiger partial charge in [-0.1, -0.05) is 30.7 Å². The summed E-state index contributed by atoms with van der Waals surface area (Å²) in [4.78, 5) is 0. The van der Waals surface area contributed by atoms with Gasteiger partial charge in [0.15, 0.2) is 0 Å². The third kappa shape index (κ3) is 5.55. The van der Waals surface area contributed by atoms with Gasteiger partial charge in [-0.3, -0.25) is 0 Å². The third-order valence-corrected chi connectivity index (χ3v) is 1.19. The van der Waals surface area contributed by atoms with Crippen molar-refractivity contribution in [2.45, 2.75) is 13.8 Å². The summed E-state index contributed by atoms with van der Waals surface area (Å²) < 4.78 is 0. The molecule has 0 aromatic carbocycles. The van der Waals surface area contributed by atoms with Crippen LogP contribution in [0.25, 0.3) is 0 Å². The number of halogens is 2. The van der Waals surface area contributed by atoms with Crippen molar-refractivity contribution in [1.82, 2.24) is 0 Å². The van der Waals surface area contributed by atoms with Gasteiger partial charge in [0.1, 0.15) is 0 Å². The molecular weight excluding hydrogens is 203 g/mol. The SMILES string of the molecule is CC1=CC(C)C=C1.[Cl][Ti][Cl]. The van der Waals surface area contributed by atoms with Crippen LogP contribution < -0.4 is 0 Å². The van der Waals surface area contributed by atoms with E-state index in [4.69, 9.17) is 18.6 Å². The van der Waals surface area contributed by atoms with E-state index in [1.54, 1.807) is 0 Å². The maximum atomic E-state index is 4.89. The van der Waals surface area contributed by atoms with Gasteiger partial charge in [-0.25, -0.2) is 0 Å². The van der Waals surface area contributed by atoms with Crippen LogP contribution in [-0.4, -0.2) is 0 Å². The van der Waals surface area contributed by atoms with E-state index in [9.17, 15) is 0 Å². The summed E-state index contributed by atoms with van der Waals surface area (Å²) in [6, 6.07) is 0. The zero-order chi connectivity index (χ0) is 7.98. The van der Waals surface area contributed by atoms with Crippen LogP contribution in [0, 0.1) is 5.92 Å². The van der Waals surface area contributed by atoms with Crippen molar-refractivity contribution in [3.8, 4) is 0 Å². The van der Waals surface area contributed by atoms with E-state index in [-0.39, 0.29) is 0 Å². The molecule has 0 radical (unpaired) electrons. The van der Waals surface area contributed by atoms with Gasteiger partial charge in [-0.2, -0.15) is 0 Å². The molecule has 0 aromatic heterocycles. The molecule has 0 N–H and O–H groups in total. The predicted molar refractivity (Wildman–Crippen MR) is 43.8 cm³/mol. The zero-order valence-electron chi connectivity index (χ0n) is 6.07. The second kappa shape index (κ2) is 6.48. The molecule has 1 unspecified atom stereocenters. The third-order valence-electron chi connectivity index (χ3n) is 1.19. The molecule has 0 heterocycles. The minimum atomic E-state index is -0.556. The van der Waals surface area contributed by atoms with E-state index in [1.165, 1.54) is 5.57 Å². The first-order chi connectivity index (χ1) is 4.70. The normalized spacial score (nSPS) is 21.2. The van der Waals surface area contributed by atoms with Crippen LogP contribution in [-0.2, 0) is 17.0 Å². The van der Waals surface area contributed by atoms with Gasteiger partial charge >= 0.3 is 35.6 Å². The summed E-state index contributed by atoms with van der Waals surface area (Å²) >= 11 is -0.556. The van der Waals surface area contributed by atoms with Crippen molar-refractivity contribution in [2.24, 2.45) is 5.92 Å². The van der Waals surface area contributed by atoms with Gasteiger partial charge in [-0.15, -0.1) is 0 Å². The van der Waals surface area contributed by atoms with Gasteiger partial charge in [0.25, 0.3) is 0 Å². The average molecular weight is 213 g/mol. The van der Waals surface area contributed by atoms with Gasteiger partial charge in [0.2, 0.25) is 0 Å². The summed E-state index contributed by atoms with van der Waals surface area (Å²) in [7, 11) is 9.78. The van der Waals surface area contributed by atoms with Crippen LogP contribution in [0.4, 0.5) is 0 Å². The Morgan fingerprint density at radius 3 is 2.10 bits per heavy atom.